The van der Waals surface area contributed by atoms with E-state index in [1.165, 1.54) is 0 Å². The van der Waals surface area contributed by atoms with E-state index in [0.717, 1.165) is 32.1 Å². The lowest BCUT2D eigenvalue weighted by molar-refractivity contribution is -0.131. The van der Waals surface area contributed by atoms with Crippen molar-refractivity contribution in [1.29, 1.82) is 0 Å². The number of amides is 1. The minimum atomic E-state index is -0.654. The first-order valence-electron chi connectivity index (χ1n) is 6.45. The lowest BCUT2D eigenvalue weighted by Gasteiger charge is -2.38. The van der Waals surface area contributed by atoms with Gasteiger partial charge in [-0.2, -0.15) is 0 Å². The molecule has 0 aromatic heterocycles. The first-order valence-corrected chi connectivity index (χ1v) is 6.86. The van der Waals surface area contributed by atoms with Crippen LogP contribution in [0.15, 0.2) is 0 Å². The Morgan fingerprint density at radius 1 is 1.39 bits per heavy atom. The van der Waals surface area contributed by atoms with Crippen LogP contribution in [0.5, 0.6) is 0 Å². The molecule has 0 saturated heterocycles. The summed E-state index contributed by atoms with van der Waals surface area (Å²) in [6.07, 6.45) is 4.69. The van der Waals surface area contributed by atoms with E-state index in [0.29, 0.717) is 11.6 Å². The van der Waals surface area contributed by atoms with Gasteiger partial charge in [-0.3, -0.25) is 4.79 Å². The predicted octanol–water partition coefficient (Wildman–Crippen LogP) is 1.76. The van der Waals surface area contributed by atoms with Gasteiger partial charge in [-0.25, -0.2) is 0 Å². The minimum absolute atomic E-state index is 0.0447. The van der Waals surface area contributed by atoms with Crippen molar-refractivity contribution in [3.8, 4) is 0 Å². The fourth-order valence-corrected chi connectivity index (χ4v) is 2.86. The van der Waals surface area contributed by atoms with Crippen molar-refractivity contribution >= 4 is 23.1 Å². The maximum atomic E-state index is 12.5. The SMILES string of the molecule is COCC(C)(C)NC(=O)C1(C(N)=S)CCCCC1. The van der Waals surface area contributed by atoms with Crippen LogP contribution in [0.3, 0.4) is 0 Å². The highest BCUT2D eigenvalue weighted by Gasteiger charge is 2.43. The smallest absolute Gasteiger partial charge is 0.233 e. The van der Waals surface area contributed by atoms with Gasteiger partial charge >= 0.3 is 0 Å². The highest BCUT2D eigenvalue weighted by Crippen LogP contribution is 2.37. The third kappa shape index (κ3) is 3.42. The Balaban J connectivity index is 2.81. The topological polar surface area (TPSA) is 64.3 Å². The van der Waals surface area contributed by atoms with E-state index in [4.69, 9.17) is 22.7 Å². The third-order valence-electron chi connectivity index (χ3n) is 3.57. The molecule has 0 heterocycles. The van der Waals surface area contributed by atoms with Gasteiger partial charge in [-0.15, -0.1) is 0 Å². The van der Waals surface area contributed by atoms with E-state index in [9.17, 15) is 4.79 Å². The average molecular weight is 272 g/mol. The molecule has 0 spiro atoms. The van der Waals surface area contributed by atoms with E-state index < -0.39 is 11.0 Å². The van der Waals surface area contributed by atoms with Gasteiger partial charge in [0.1, 0.15) is 0 Å². The second-order valence-corrected chi connectivity index (χ2v) is 6.22. The summed E-state index contributed by atoms with van der Waals surface area (Å²) in [5, 5.41) is 3.02. The van der Waals surface area contributed by atoms with Gasteiger partial charge in [0.05, 0.1) is 22.5 Å². The van der Waals surface area contributed by atoms with Gasteiger partial charge in [-0.1, -0.05) is 31.5 Å². The molecule has 0 aromatic carbocycles. The molecular weight excluding hydrogens is 248 g/mol. The standard InChI is InChI=1S/C13H24N2O2S/c1-12(2,9-17-3)15-11(16)13(10(14)18)7-5-4-6-8-13/h4-9H2,1-3H3,(H2,14,18)(H,15,16). The minimum Gasteiger partial charge on any atom is -0.392 e. The number of nitrogens with two attached hydrogens (primary N) is 1. The van der Waals surface area contributed by atoms with Crippen molar-refractivity contribution in [3.63, 3.8) is 0 Å². The molecule has 1 fully saturated rings. The van der Waals surface area contributed by atoms with E-state index in [2.05, 4.69) is 5.32 Å². The first kappa shape index (κ1) is 15.4. The lowest BCUT2D eigenvalue weighted by Crippen LogP contribution is -2.56. The number of thiocarbonyl (C=S) groups is 1. The Labute approximate surface area is 115 Å². The maximum Gasteiger partial charge on any atom is 0.233 e. The Morgan fingerprint density at radius 2 is 1.94 bits per heavy atom. The molecule has 1 aliphatic rings. The second kappa shape index (κ2) is 5.97. The van der Waals surface area contributed by atoms with Crippen LogP contribution >= 0.6 is 12.2 Å². The zero-order chi connectivity index (χ0) is 13.8. The summed E-state index contributed by atoms with van der Waals surface area (Å²) in [7, 11) is 1.62. The number of hydrogen-bond acceptors (Lipinski definition) is 3. The largest absolute Gasteiger partial charge is 0.392 e. The summed E-state index contributed by atoms with van der Waals surface area (Å²) in [5.74, 6) is -0.0447. The van der Waals surface area contributed by atoms with Gasteiger partial charge in [0.25, 0.3) is 0 Å². The van der Waals surface area contributed by atoms with Gasteiger partial charge in [0, 0.05) is 7.11 Å². The summed E-state index contributed by atoms with van der Waals surface area (Å²) in [4.78, 5) is 12.8. The lowest BCUT2D eigenvalue weighted by atomic mass is 9.73. The molecule has 0 aliphatic heterocycles. The van der Waals surface area contributed by atoms with Gasteiger partial charge in [0.2, 0.25) is 5.91 Å². The molecule has 0 radical (unpaired) electrons. The zero-order valence-corrected chi connectivity index (χ0v) is 12.4. The number of nitrogens with one attached hydrogen (secondary N) is 1. The van der Waals surface area contributed by atoms with E-state index in [1.807, 2.05) is 13.8 Å². The Hall–Kier alpha value is -0.680. The molecule has 1 saturated carbocycles. The average Bonchev–Trinajstić information content (AvgIpc) is 2.28. The molecule has 1 amide bonds. The van der Waals surface area contributed by atoms with Crippen molar-refractivity contribution in [1.82, 2.24) is 5.32 Å². The summed E-state index contributed by atoms with van der Waals surface area (Å²) in [6, 6.07) is 0. The summed E-state index contributed by atoms with van der Waals surface area (Å²) >= 11 is 5.14. The van der Waals surface area contributed by atoms with E-state index >= 15 is 0 Å². The van der Waals surface area contributed by atoms with Crippen LogP contribution in [0.2, 0.25) is 0 Å². The number of ether oxygens (including phenoxy) is 1. The number of carbonyl (C=O) groups is 1. The van der Waals surface area contributed by atoms with Crippen LogP contribution in [-0.4, -0.2) is 30.2 Å². The highest BCUT2D eigenvalue weighted by atomic mass is 32.1. The summed E-state index contributed by atoms with van der Waals surface area (Å²) < 4.78 is 5.11. The zero-order valence-electron chi connectivity index (χ0n) is 11.5. The number of hydrogen-bond donors (Lipinski definition) is 2. The van der Waals surface area contributed by atoms with Crippen molar-refractivity contribution in [2.45, 2.75) is 51.5 Å². The number of methoxy groups -OCH3 is 1. The number of rotatable bonds is 5. The second-order valence-electron chi connectivity index (χ2n) is 5.78. The Kier molecular flexibility index (Phi) is 5.10. The molecular formula is C13H24N2O2S. The molecule has 5 heteroatoms. The summed E-state index contributed by atoms with van der Waals surface area (Å²) in [6.45, 7) is 4.33. The predicted molar refractivity (Wildman–Crippen MR) is 76.4 cm³/mol. The molecule has 0 aromatic rings. The van der Waals surface area contributed by atoms with Crippen LogP contribution in [0.1, 0.15) is 46.0 Å². The molecule has 104 valence electrons. The van der Waals surface area contributed by atoms with Crippen molar-refractivity contribution in [2.24, 2.45) is 11.1 Å². The first-order chi connectivity index (χ1) is 8.34. The van der Waals surface area contributed by atoms with Crippen LogP contribution in [0.4, 0.5) is 0 Å². The quantitative estimate of drug-likeness (QED) is 0.749. The molecule has 0 bridgehead atoms. The fraction of sp³-hybridized carbons (Fsp3) is 0.846. The van der Waals surface area contributed by atoms with Crippen LogP contribution in [0, 0.1) is 5.41 Å². The normalized spacial score (nSPS) is 19.3. The van der Waals surface area contributed by atoms with Gasteiger partial charge < -0.3 is 15.8 Å². The molecule has 1 aliphatic carbocycles. The van der Waals surface area contributed by atoms with Crippen molar-refractivity contribution < 1.29 is 9.53 Å². The van der Waals surface area contributed by atoms with Gasteiger partial charge in [0.15, 0.2) is 0 Å². The van der Waals surface area contributed by atoms with Crippen LogP contribution in [-0.2, 0) is 9.53 Å². The molecule has 18 heavy (non-hydrogen) atoms. The third-order valence-corrected chi connectivity index (χ3v) is 3.96. The highest BCUT2D eigenvalue weighted by molar-refractivity contribution is 7.80. The fourth-order valence-electron chi connectivity index (χ4n) is 2.56. The van der Waals surface area contributed by atoms with Crippen LogP contribution in [0.25, 0.3) is 0 Å². The monoisotopic (exact) mass is 272 g/mol. The molecule has 3 N–H and O–H groups in total. The molecule has 0 unspecified atom stereocenters. The van der Waals surface area contributed by atoms with E-state index in [1.54, 1.807) is 7.11 Å². The van der Waals surface area contributed by atoms with E-state index in [-0.39, 0.29) is 5.91 Å². The molecule has 0 atom stereocenters. The van der Waals surface area contributed by atoms with Crippen molar-refractivity contribution in [2.75, 3.05) is 13.7 Å². The maximum absolute atomic E-state index is 12.5. The Morgan fingerprint density at radius 3 is 2.39 bits per heavy atom. The van der Waals surface area contributed by atoms with Crippen molar-refractivity contribution in [3.05, 3.63) is 0 Å². The van der Waals surface area contributed by atoms with Gasteiger partial charge in [-0.05, 0) is 26.7 Å². The molecule has 4 nitrogen and oxygen atoms in total. The molecule has 1 rings (SSSR count). The van der Waals surface area contributed by atoms with Crippen LogP contribution < -0.4 is 11.1 Å². The number of carbonyl (C=O) groups excluding carboxylic acids is 1. The Bertz CT molecular complexity index is 323. The summed E-state index contributed by atoms with van der Waals surface area (Å²) in [5.41, 5.74) is 4.78.